The number of hydrogen-bond donors (Lipinski definition) is 1. The minimum absolute atomic E-state index is 0.134. The summed E-state index contributed by atoms with van der Waals surface area (Å²) in [5.74, 6) is 0.848. The first-order valence-corrected chi connectivity index (χ1v) is 6.51. The minimum atomic E-state index is -0.206. The number of nitrogens with zero attached hydrogens (tertiary/aromatic N) is 1. The average Bonchev–Trinajstić information content (AvgIpc) is 2.39. The first-order chi connectivity index (χ1) is 8.81. The van der Waals surface area contributed by atoms with Crippen LogP contribution in [0, 0.1) is 0 Å². The molecule has 1 N–H and O–H groups in total. The topological polar surface area (TPSA) is 42.4 Å². The van der Waals surface area contributed by atoms with Gasteiger partial charge >= 0.3 is 0 Å². The monoisotopic (exact) mass is 243 g/mol. The van der Waals surface area contributed by atoms with Crippen LogP contribution in [0.5, 0.6) is 5.75 Å². The van der Waals surface area contributed by atoms with Crippen molar-refractivity contribution in [1.82, 2.24) is 4.98 Å². The number of aromatic nitrogens is 1. The smallest absolute Gasteiger partial charge is 0.121 e. The fourth-order valence-corrected chi connectivity index (χ4v) is 2.54. The Morgan fingerprint density at radius 3 is 3.06 bits per heavy atom. The molecule has 0 aliphatic heterocycles. The van der Waals surface area contributed by atoms with E-state index in [-0.39, 0.29) is 12.2 Å². The van der Waals surface area contributed by atoms with Crippen LogP contribution in [0.4, 0.5) is 0 Å². The van der Waals surface area contributed by atoms with Crippen molar-refractivity contribution >= 4 is 10.9 Å². The summed E-state index contributed by atoms with van der Waals surface area (Å²) in [6, 6.07) is 9.94. The van der Waals surface area contributed by atoms with Crippen LogP contribution in [0.3, 0.4) is 0 Å². The van der Waals surface area contributed by atoms with Gasteiger partial charge in [0.1, 0.15) is 11.9 Å². The van der Waals surface area contributed by atoms with Gasteiger partial charge in [0.25, 0.3) is 0 Å². The van der Waals surface area contributed by atoms with Crippen molar-refractivity contribution < 1.29 is 9.84 Å². The van der Waals surface area contributed by atoms with Crippen LogP contribution in [0.2, 0.25) is 0 Å². The fourth-order valence-electron chi connectivity index (χ4n) is 2.54. The zero-order chi connectivity index (χ0) is 12.4. The molecule has 1 heterocycles. The summed E-state index contributed by atoms with van der Waals surface area (Å²) in [4.78, 5) is 4.32. The summed E-state index contributed by atoms with van der Waals surface area (Å²) >= 11 is 0. The third-order valence-corrected chi connectivity index (χ3v) is 3.48. The summed E-state index contributed by atoms with van der Waals surface area (Å²) < 4.78 is 5.93. The average molecular weight is 243 g/mol. The number of aliphatic hydroxyl groups excluding tert-OH is 1. The van der Waals surface area contributed by atoms with Gasteiger partial charge in [0, 0.05) is 24.1 Å². The van der Waals surface area contributed by atoms with Crippen molar-refractivity contribution in [3.05, 3.63) is 36.5 Å². The standard InChI is InChI=1S/C15H17NO2/c17-12-4-1-5-13(9-12)18-14-7-6-11-3-2-8-16-15(11)10-14/h2-3,6-8,10,12-13,17H,1,4-5,9H2. The molecule has 2 unspecified atom stereocenters. The van der Waals surface area contributed by atoms with Crippen LogP contribution in [0.1, 0.15) is 25.7 Å². The Bertz CT molecular complexity index is 541. The zero-order valence-electron chi connectivity index (χ0n) is 10.2. The quantitative estimate of drug-likeness (QED) is 0.881. The molecule has 1 saturated carbocycles. The van der Waals surface area contributed by atoms with Gasteiger partial charge in [-0.3, -0.25) is 4.98 Å². The van der Waals surface area contributed by atoms with Crippen LogP contribution in [-0.4, -0.2) is 22.3 Å². The highest BCUT2D eigenvalue weighted by Gasteiger charge is 2.21. The molecule has 3 heteroatoms. The molecule has 3 rings (SSSR count). The third-order valence-electron chi connectivity index (χ3n) is 3.48. The van der Waals surface area contributed by atoms with E-state index in [0.29, 0.717) is 0 Å². The SMILES string of the molecule is OC1CCCC(Oc2ccc3cccnc3c2)C1. The molecule has 1 aliphatic carbocycles. The molecule has 94 valence electrons. The Kier molecular flexibility index (Phi) is 3.15. The summed E-state index contributed by atoms with van der Waals surface area (Å²) in [7, 11) is 0. The van der Waals surface area contributed by atoms with E-state index >= 15 is 0 Å². The third kappa shape index (κ3) is 2.46. The Balaban J connectivity index is 1.78. The minimum Gasteiger partial charge on any atom is -0.490 e. The number of rotatable bonds is 2. The number of fused-ring (bicyclic) bond motifs is 1. The Hall–Kier alpha value is -1.61. The molecule has 0 radical (unpaired) electrons. The van der Waals surface area contributed by atoms with Crippen molar-refractivity contribution in [3.8, 4) is 5.75 Å². The normalized spacial score (nSPS) is 24.1. The molecule has 0 bridgehead atoms. The number of benzene rings is 1. The van der Waals surface area contributed by atoms with E-state index in [1.807, 2.05) is 30.3 Å². The summed E-state index contributed by atoms with van der Waals surface area (Å²) in [5, 5.41) is 10.8. The molecule has 0 amide bonds. The maximum Gasteiger partial charge on any atom is 0.121 e. The van der Waals surface area contributed by atoms with Crippen LogP contribution >= 0.6 is 0 Å². The van der Waals surface area contributed by atoms with E-state index in [4.69, 9.17) is 4.74 Å². The van der Waals surface area contributed by atoms with Crippen molar-refractivity contribution in [1.29, 1.82) is 0 Å². The molecule has 1 fully saturated rings. The fraction of sp³-hybridized carbons (Fsp3) is 0.400. The predicted molar refractivity (Wildman–Crippen MR) is 70.6 cm³/mol. The highest BCUT2D eigenvalue weighted by atomic mass is 16.5. The summed E-state index contributed by atoms with van der Waals surface area (Å²) in [5.41, 5.74) is 0.950. The lowest BCUT2D eigenvalue weighted by molar-refractivity contribution is 0.0537. The molecule has 2 aromatic rings. The van der Waals surface area contributed by atoms with E-state index in [1.165, 1.54) is 0 Å². The van der Waals surface area contributed by atoms with E-state index in [2.05, 4.69) is 4.98 Å². The van der Waals surface area contributed by atoms with Crippen molar-refractivity contribution in [2.75, 3.05) is 0 Å². The molecular weight excluding hydrogens is 226 g/mol. The highest BCUT2D eigenvalue weighted by Crippen LogP contribution is 2.25. The van der Waals surface area contributed by atoms with E-state index in [1.54, 1.807) is 6.20 Å². The van der Waals surface area contributed by atoms with Crippen LogP contribution in [0.15, 0.2) is 36.5 Å². The molecule has 1 aromatic heterocycles. The lowest BCUT2D eigenvalue weighted by Gasteiger charge is -2.26. The van der Waals surface area contributed by atoms with Crippen LogP contribution in [-0.2, 0) is 0 Å². The summed E-state index contributed by atoms with van der Waals surface area (Å²) in [6.07, 6.45) is 5.42. The van der Waals surface area contributed by atoms with Gasteiger partial charge < -0.3 is 9.84 Å². The van der Waals surface area contributed by atoms with E-state index in [9.17, 15) is 5.11 Å². The zero-order valence-corrected chi connectivity index (χ0v) is 10.2. The Labute approximate surface area is 106 Å². The number of aliphatic hydroxyl groups is 1. The van der Waals surface area contributed by atoms with Gasteiger partial charge in [0.2, 0.25) is 0 Å². The molecule has 3 nitrogen and oxygen atoms in total. The first-order valence-electron chi connectivity index (χ1n) is 6.51. The Morgan fingerprint density at radius 2 is 2.17 bits per heavy atom. The predicted octanol–water partition coefficient (Wildman–Crippen LogP) is 2.92. The van der Waals surface area contributed by atoms with E-state index < -0.39 is 0 Å². The van der Waals surface area contributed by atoms with Gasteiger partial charge in [-0.25, -0.2) is 0 Å². The lowest BCUT2D eigenvalue weighted by Crippen LogP contribution is -2.28. The van der Waals surface area contributed by atoms with Gasteiger partial charge in [-0.1, -0.05) is 6.07 Å². The molecule has 0 saturated heterocycles. The second-order valence-electron chi connectivity index (χ2n) is 4.92. The van der Waals surface area contributed by atoms with Crippen LogP contribution in [0.25, 0.3) is 10.9 Å². The van der Waals surface area contributed by atoms with E-state index in [0.717, 1.165) is 42.3 Å². The maximum absolute atomic E-state index is 9.64. The highest BCUT2D eigenvalue weighted by molar-refractivity contribution is 5.79. The largest absolute Gasteiger partial charge is 0.490 e. The number of pyridine rings is 1. The first kappa shape index (κ1) is 11.5. The van der Waals surface area contributed by atoms with Gasteiger partial charge in [-0.05, 0) is 37.5 Å². The van der Waals surface area contributed by atoms with Gasteiger partial charge in [-0.2, -0.15) is 0 Å². The molecule has 0 spiro atoms. The molecule has 1 aromatic carbocycles. The van der Waals surface area contributed by atoms with Crippen molar-refractivity contribution in [2.45, 2.75) is 37.9 Å². The number of ether oxygens (including phenoxy) is 1. The molecule has 2 atom stereocenters. The van der Waals surface area contributed by atoms with Crippen molar-refractivity contribution in [2.24, 2.45) is 0 Å². The lowest BCUT2D eigenvalue weighted by atomic mass is 9.95. The second-order valence-corrected chi connectivity index (χ2v) is 4.92. The maximum atomic E-state index is 9.64. The Morgan fingerprint density at radius 1 is 1.22 bits per heavy atom. The van der Waals surface area contributed by atoms with Crippen LogP contribution < -0.4 is 4.74 Å². The molecular formula is C15H17NO2. The van der Waals surface area contributed by atoms with Gasteiger partial charge in [0.05, 0.1) is 11.6 Å². The number of hydrogen-bond acceptors (Lipinski definition) is 3. The van der Waals surface area contributed by atoms with Gasteiger partial charge in [0.15, 0.2) is 0 Å². The van der Waals surface area contributed by atoms with Gasteiger partial charge in [-0.15, -0.1) is 0 Å². The molecule has 18 heavy (non-hydrogen) atoms. The molecule has 1 aliphatic rings. The summed E-state index contributed by atoms with van der Waals surface area (Å²) in [6.45, 7) is 0. The second kappa shape index (κ2) is 4.94. The van der Waals surface area contributed by atoms with Crippen molar-refractivity contribution in [3.63, 3.8) is 0 Å².